The first kappa shape index (κ1) is 51.9. The zero-order chi connectivity index (χ0) is 48.1. The Hall–Kier alpha value is -3.51. The van der Waals surface area contributed by atoms with Gasteiger partial charge in [0, 0.05) is 74.5 Å². The van der Waals surface area contributed by atoms with Crippen LogP contribution in [0.5, 0.6) is 5.75 Å². The highest BCUT2D eigenvalue weighted by atomic mass is 127. The number of hydrogen-bond donors (Lipinski definition) is 4. The fourth-order valence-corrected chi connectivity index (χ4v) is 11.2. The Balaban J connectivity index is 1.13. The summed E-state index contributed by atoms with van der Waals surface area (Å²) in [6.07, 6.45) is 3.18. The number of nitrogens with one attached hydrogen (secondary N) is 3. The number of rotatable bonds is 13. The van der Waals surface area contributed by atoms with Crippen LogP contribution in [-0.4, -0.2) is 132 Å². The molecule has 5 aliphatic heterocycles. The number of ether oxygens (including phenoxy) is 6. The molecule has 364 valence electrons. The van der Waals surface area contributed by atoms with E-state index in [9.17, 15) is 33.9 Å². The zero-order valence-electron chi connectivity index (χ0n) is 38.3. The quantitative estimate of drug-likeness (QED) is 0.0518. The number of fused-ring (bicyclic) bond motifs is 6. The highest BCUT2D eigenvalue weighted by Crippen LogP contribution is 2.50. The minimum atomic E-state index is -1.88. The summed E-state index contributed by atoms with van der Waals surface area (Å²) < 4.78 is 38.1. The second-order valence-corrected chi connectivity index (χ2v) is 20.4. The van der Waals surface area contributed by atoms with Crippen molar-refractivity contribution in [3.05, 3.63) is 46.5 Å². The van der Waals surface area contributed by atoms with Crippen LogP contribution < -0.4 is 24.0 Å². The van der Waals surface area contributed by atoms with Crippen molar-refractivity contribution in [2.24, 2.45) is 11.8 Å². The van der Waals surface area contributed by atoms with Crippen LogP contribution in [0.3, 0.4) is 0 Å². The van der Waals surface area contributed by atoms with E-state index in [1.54, 1.807) is 45.2 Å². The molecular weight excluding hydrogens is 1010 g/mol. The van der Waals surface area contributed by atoms with Crippen LogP contribution in [0.2, 0.25) is 5.02 Å². The van der Waals surface area contributed by atoms with Gasteiger partial charge in [-0.05, 0) is 83.4 Å². The van der Waals surface area contributed by atoms with Gasteiger partial charge in [0.25, 0.3) is 0 Å². The van der Waals surface area contributed by atoms with Gasteiger partial charge in [-0.3, -0.25) is 34.8 Å². The summed E-state index contributed by atoms with van der Waals surface area (Å²) >= 11 is 9.93. The van der Waals surface area contributed by atoms with Gasteiger partial charge in [-0.25, -0.2) is 9.59 Å². The van der Waals surface area contributed by atoms with Crippen LogP contribution in [0.15, 0.2) is 35.9 Å². The van der Waals surface area contributed by atoms with E-state index in [2.05, 4.69) is 14.4 Å². The number of anilines is 1. The molecule has 7 rings (SSSR count). The van der Waals surface area contributed by atoms with E-state index < -0.39 is 64.6 Å². The van der Waals surface area contributed by atoms with Gasteiger partial charge in [-0.2, -0.15) is 3.64 Å². The number of aliphatic hydroxyl groups is 1. The van der Waals surface area contributed by atoms with Crippen molar-refractivity contribution in [2.45, 2.75) is 132 Å². The summed E-state index contributed by atoms with van der Waals surface area (Å²) in [4.78, 5) is 82.2. The average molecular weight is 1070 g/mol. The predicted molar refractivity (Wildman–Crippen MR) is 253 cm³/mol. The van der Waals surface area contributed by atoms with Crippen molar-refractivity contribution >= 4 is 87.6 Å². The van der Waals surface area contributed by atoms with Crippen molar-refractivity contribution in [3.8, 4) is 5.75 Å². The third-order valence-electron chi connectivity index (χ3n) is 13.3. The molecule has 3 saturated heterocycles. The number of alkyl carbamates (subject to hydrolysis) is 1. The highest BCUT2D eigenvalue weighted by Gasteiger charge is 2.63. The minimum absolute atomic E-state index is 0.0578. The van der Waals surface area contributed by atoms with E-state index >= 15 is 0 Å². The number of carbonyl (C=O) groups excluding carboxylic acids is 6. The maximum Gasteiger partial charge on any atom is 0.409 e. The van der Waals surface area contributed by atoms with Crippen molar-refractivity contribution in [3.63, 3.8) is 0 Å². The van der Waals surface area contributed by atoms with Crippen molar-refractivity contribution in [2.75, 3.05) is 45.1 Å². The Morgan fingerprint density at radius 1 is 1.09 bits per heavy atom. The Kier molecular flexibility index (Phi) is 17.2. The molecule has 0 aromatic heterocycles. The SMILES string of the molecule is COc1cc2cc(c1Cl)N(C)C(=O)C[C@H](OC(=O)[C@H](C)OCCSC1CC(=O)N(C[C@H]3CC[C@H](C(=O)NNI)CC3)C1=O)[C@@]1(C)CC(C)(O1)[C@@H]1C[C@@](O)(NC(=O)O1)[C@H](OC)/C=C/C=C(\C)C2. The fourth-order valence-electron chi connectivity index (χ4n) is 9.61. The van der Waals surface area contributed by atoms with Crippen LogP contribution in [0, 0.1) is 11.8 Å². The van der Waals surface area contributed by atoms with Gasteiger partial charge in [0.2, 0.25) is 23.6 Å². The van der Waals surface area contributed by atoms with Crippen LogP contribution in [-0.2, 0) is 54.1 Å². The number of nitrogens with zero attached hydrogens (tertiary/aromatic N) is 2. The van der Waals surface area contributed by atoms with E-state index in [0.717, 1.165) is 24.0 Å². The van der Waals surface area contributed by atoms with Gasteiger partial charge in [0.1, 0.15) is 40.3 Å². The summed E-state index contributed by atoms with van der Waals surface area (Å²) in [5.74, 6) is -1.06. The number of benzene rings is 1. The number of allylic oxidation sites excluding steroid dienone is 3. The third kappa shape index (κ3) is 11.8. The number of thioether (sulfide) groups is 1. The first-order valence-electron chi connectivity index (χ1n) is 22.1. The van der Waals surface area contributed by atoms with E-state index in [-0.39, 0.29) is 66.9 Å². The molecule has 8 atom stereocenters. The van der Waals surface area contributed by atoms with Gasteiger partial charge in [0.15, 0.2) is 11.8 Å². The van der Waals surface area contributed by atoms with Gasteiger partial charge in [-0.1, -0.05) is 35.4 Å². The average Bonchev–Trinajstić information content (AvgIpc) is 3.52. The van der Waals surface area contributed by atoms with Crippen LogP contribution in [0.1, 0.15) is 84.6 Å². The van der Waals surface area contributed by atoms with Crippen molar-refractivity contribution in [1.29, 1.82) is 0 Å². The first-order chi connectivity index (χ1) is 31.2. The lowest BCUT2D eigenvalue weighted by Crippen LogP contribution is -2.72. The number of halogens is 2. The molecule has 66 heavy (non-hydrogen) atoms. The maximum atomic E-state index is 14.3. The number of carbonyl (C=O) groups is 6. The van der Waals surface area contributed by atoms with Gasteiger partial charge in [-0.15, -0.1) is 11.8 Å². The normalized spacial score (nSPS) is 33.5. The molecule has 1 aliphatic carbocycles. The molecule has 21 heteroatoms. The second-order valence-electron chi connectivity index (χ2n) is 18.2. The van der Waals surface area contributed by atoms with Crippen molar-refractivity contribution < 1.29 is 62.3 Å². The number of hydrazine groups is 1. The topological polar surface area (TPSA) is 221 Å². The Labute approximate surface area is 408 Å². The standard InChI is InChI=1S/C45H61ClIN5O13S/c1-25-9-8-10-33(61-7)45(59)22-35(64-42(58)48-45)44(4)24-43(3,65-44)34(21-36(53)51(5)30-18-28(17-25)19-31(60-6)38(30)46)63-41(57)26(2)62-15-16-66-32-20-37(54)52(40(32)56)23-27-11-13-29(14-12-27)39(55)49-50-47/h8-10,18-19,26-27,29,32-35,50,59H,11-17,20-24H2,1-7H3,(H,48,58)(H,49,55)/b10-8+,25-9+/t26-,27-,29-,32?,33+,34-,35-,43+,44?,45-/m0/s1. The molecule has 4 fully saturated rings. The molecular formula is C45H61ClIN5O13S. The minimum Gasteiger partial charge on any atom is -0.495 e. The molecule has 5 amide bonds. The fraction of sp³-hybridized carbons (Fsp3) is 0.644. The summed E-state index contributed by atoms with van der Waals surface area (Å²) in [6, 6.07) is 3.57. The molecule has 5 heterocycles. The monoisotopic (exact) mass is 1070 g/mol. The lowest BCUT2D eigenvalue weighted by atomic mass is 9.72. The molecule has 0 spiro atoms. The lowest BCUT2D eigenvalue weighted by Gasteiger charge is -2.59. The predicted octanol–water partition coefficient (Wildman–Crippen LogP) is 4.85. The second kappa shape index (κ2) is 21.8. The smallest absolute Gasteiger partial charge is 0.409 e. The number of imide groups is 1. The highest BCUT2D eigenvalue weighted by molar-refractivity contribution is 14.1. The van der Waals surface area contributed by atoms with E-state index in [1.807, 2.05) is 35.9 Å². The Morgan fingerprint density at radius 3 is 2.47 bits per heavy atom. The molecule has 1 aromatic carbocycles. The van der Waals surface area contributed by atoms with Crippen LogP contribution in [0.4, 0.5) is 10.5 Å². The largest absolute Gasteiger partial charge is 0.495 e. The van der Waals surface area contributed by atoms with Gasteiger partial charge < -0.3 is 38.4 Å². The van der Waals surface area contributed by atoms with Gasteiger partial charge >= 0.3 is 12.1 Å². The van der Waals surface area contributed by atoms with Crippen LogP contribution in [0.25, 0.3) is 0 Å². The maximum absolute atomic E-state index is 14.3. The van der Waals surface area contributed by atoms with Gasteiger partial charge in [0.05, 0.1) is 31.1 Å². The molecule has 6 bridgehead atoms. The molecule has 4 N–H and O–H groups in total. The zero-order valence-corrected chi connectivity index (χ0v) is 42.0. The molecule has 0 radical (unpaired) electrons. The summed E-state index contributed by atoms with van der Waals surface area (Å²) in [5, 5.41) is 14.0. The summed E-state index contributed by atoms with van der Waals surface area (Å²) in [6.45, 7) is 7.24. The number of likely N-dealkylation sites (tertiary alicyclic amines) is 1. The number of methoxy groups -OCH3 is 2. The molecule has 18 nitrogen and oxygen atoms in total. The molecule has 6 aliphatic rings. The lowest BCUT2D eigenvalue weighted by molar-refractivity contribution is -0.328. The van der Waals surface area contributed by atoms with Crippen molar-refractivity contribution in [1.82, 2.24) is 19.3 Å². The van der Waals surface area contributed by atoms with E-state index in [0.29, 0.717) is 43.0 Å². The molecule has 2 unspecified atom stereocenters. The number of esters is 1. The number of amides is 5. The summed E-state index contributed by atoms with van der Waals surface area (Å²) in [5.41, 5.74) is 0.355. The summed E-state index contributed by atoms with van der Waals surface area (Å²) in [7, 11) is 4.47. The molecule has 1 saturated carbocycles. The first-order valence-corrected chi connectivity index (χ1v) is 24.6. The Morgan fingerprint density at radius 2 is 1.80 bits per heavy atom. The number of hydrogen-bond acceptors (Lipinski definition) is 15. The van der Waals surface area contributed by atoms with E-state index in [1.165, 1.54) is 42.7 Å². The van der Waals surface area contributed by atoms with E-state index in [4.69, 9.17) is 40.0 Å². The molecule has 1 aromatic rings. The van der Waals surface area contributed by atoms with Crippen LogP contribution >= 0.6 is 46.2 Å². The third-order valence-corrected chi connectivity index (χ3v) is 15.1. The Bertz CT molecular complexity index is 2080.